The van der Waals surface area contributed by atoms with Crippen molar-refractivity contribution in [2.45, 2.75) is 37.7 Å². The molecule has 0 aliphatic carbocycles. The summed E-state index contributed by atoms with van der Waals surface area (Å²) >= 11 is 0. The summed E-state index contributed by atoms with van der Waals surface area (Å²) in [6, 6.07) is 13.2. The second-order valence-electron chi connectivity index (χ2n) is 6.89. The number of sulfone groups is 1. The van der Waals surface area contributed by atoms with Crippen LogP contribution in [0.25, 0.3) is 0 Å². The average molecular weight is 563 g/mol. The molecule has 1 atom stereocenters. The monoisotopic (exact) mass is 563 g/mol. The Balaban J connectivity index is 0.00000480. The number of hydrogen-bond acceptors (Lipinski definition) is 4. The Kier molecular flexibility index (Phi) is 11.8. The predicted molar refractivity (Wildman–Crippen MR) is 134 cm³/mol. The SMILES string of the molecule is CCNC(=NCC(CC)Oc1ccccc1F)NCCc1ccc(S(C)(=O)=O)cc1.I. The van der Waals surface area contributed by atoms with Crippen molar-refractivity contribution in [2.75, 3.05) is 25.9 Å². The summed E-state index contributed by atoms with van der Waals surface area (Å²) in [4.78, 5) is 4.87. The van der Waals surface area contributed by atoms with E-state index in [1.165, 1.54) is 12.3 Å². The molecule has 0 heterocycles. The topological polar surface area (TPSA) is 79.8 Å². The zero-order chi connectivity index (χ0) is 22.0. The minimum Gasteiger partial charge on any atom is -0.485 e. The van der Waals surface area contributed by atoms with Gasteiger partial charge in [-0.2, -0.15) is 0 Å². The highest BCUT2D eigenvalue weighted by Crippen LogP contribution is 2.18. The number of hydrogen-bond donors (Lipinski definition) is 2. The van der Waals surface area contributed by atoms with Gasteiger partial charge in [-0.1, -0.05) is 31.2 Å². The van der Waals surface area contributed by atoms with E-state index < -0.39 is 9.84 Å². The van der Waals surface area contributed by atoms with Crippen molar-refractivity contribution in [2.24, 2.45) is 4.99 Å². The van der Waals surface area contributed by atoms with E-state index in [9.17, 15) is 12.8 Å². The van der Waals surface area contributed by atoms with Crippen molar-refractivity contribution < 1.29 is 17.5 Å². The van der Waals surface area contributed by atoms with E-state index in [0.717, 1.165) is 12.0 Å². The van der Waals surface area contributed by atoms with E-state index in [4.69, 9.17) is 4.74 Å². The Labute approximate surface area is 201 Å². The van der Waals surface area contributed by atoms with Gasteiger partial charge in [0.05, 0.1) is 11.4 Å². The third-order valence-electron chi connectivity index (χ3n) is 4.44. The first-order valence-electron chi connectivity index (χ1n) is 10.1. The molecule has 2 N–H and O–H groups in total. The second-order valence-corrected chi connectivity index (χ2v) is 8.91. The molecule has 6 nitrogen and oxygen atoms in total. The Morgan fingerprint density at radius 1 is 1.10 bits per heavy atom. The Morgan fingerprint density at radius 2 is 1.77 bits per heavy atom. The van der Waals surface area contributed by atoms with Crippen LogP contribution in [0.1, 0.15) is 25.8 Å². The third kappa shape index (κ3) is 9.42. The van der Waals surface area contributed by atoms with E-state index in [0.29, 0.717) is 36.9 Å². The van der Waals surface area contributed by atoms with Gasteiger partial charge in [0.15, 0.2) is 27.4 Å². The molecule has 0 amide bonds. The summed E-state index contributed by atoms with van der Waals surface area (Å²) in [6.45, 7) is 5.69. The summed E-state index contributed by atoms with van der Waals surface area (Å²) in [5, 5.41) is 6.44. The van der Waals surface area contributed by atoms with Gasteiger partial charge in [0.25, 0.3) is 0 Å². The van der Waals surface area contributed by atoms with E-state index in [1.54, 1.807) is 30.3 Å². The van der Waals surface area contributed by atoms with Crippen LogP contribution >= 0.6 is 24.0 Å². The summed E-state index contributed by atoms with van der Waals surface area (Å²) < 4.78 is 42.6. The quantitative estimate of drug-likeness (QED) is 0.261. The number of aliphatic imine (C=N–C) groups is 1. The van der Waals surface area contributed by atoms with E-state index in [1.807, 2.05) is 26.0 Å². The zero-order valence-electron chi connectivity index (χ0n) is 18.1. The molecule has 1 unspecified atom stereocenters. The fraction of sp³-hybridized carbons (Fsp3) is 0.409. The zero-order valence-corrected chi connectivity index (χ0v) is 21.2. The molecule has 2 aromatic carbocycles. The molecular weight excluding hydrogens is 532 g/mol. The first-order chi connectivity index (χ1) is 14.3. The molecule has 0 radical (unpaired) electrons. The molecule has 9 heteroatoms. The van der Waals surface area contributed by atoms with Crippen molar-refractivity contribution in [1.29, 1.82) is 0 Å². The lowest BCUT2D eigenvalue weighted by atomic mass is 10.1. The molecule has 0 spiro atoms. The normalized spacial score (nSPS) is 12.6. The standard InChI is InChI=1S/C22H30FN3O3S.HI/c1-4-18(29-21-9-7-6-8-20(21)23)16-26-22(24-5-2)25-15-14-17-10-12-19(13-11-17)30(3,27)28;/h6-13,18H,4-5,14-16H2,1-3H3,(H2,24,25,26);1H. The first-order valence-corrected chi connectivity index (χ1v) is 11.9. The first kappa shape index (κ1) is 27.2. The minimum atomic E-state index is -3.18. The molecule has 0 fully saturated rings. The van der Waals surface area contributed by atoms with Crippen molar-refractivity contribution in [3.63, 3.8) is 0 Å². The van der Waals surface area contributed by atoms with Crippen molar-refractivity contribution in [1.82, 2.24) is 10.6 Å². The largest absolute Gasteiger partial charge is 0.485 e. The van der Waals surface area contributed by atoms with Crippen molar-refractivity contribution in [3.8, 4) is 5.75 Å². The number of nitrogens with zero attached hydrogens (tertiary/aromatic N) is 1. The van der Waals surface area contributed by atoms with Gasteiger partial charge in [-0.05, 0) is 49.6 Å². The molecule has 2 rings (SSSR count). The van der Waals surface area contributed by atoms with Crippen LogP contribution in [0.2, 0.25) is 0 Å². The van der Waals surface area contributed by atoms with E-state index >= 15 is 0 Å². The van der Waals surface area contributed by atoms with Crippen LogP contribution in [0, 0.1) is 5.82 Å². The number of para-hydroxylation sites is 1. The Morgan fingerprint density at radius 3 is 2.35 bits per heavy atom. The summed E-state index contributed by atoms with van der Waals surface area (Å²) in [6.07, 6.45) is 2.38. The lowest BCUT2D eigenvalue weighted by molar-refractivity contribution is 0.196. The number of rotatable bonds is 10. The van der Waals surface area contributed by atoms with Crippen LogP contribution in [0.3, 0.4) is 0 Å². The van der Waals surface area contributed by atoms with Gasteiger partial charge in [-0.3, -0.25) is 0 Å². The molecule has 31 heavy (non-hydrogen) atoms. The van der Waals surface area contributed by atoms with Gasteiger partial charge < -0.3 is 15.4 Å². The summed E-state index contributed by atoms with van der Waals surface area (Å²) in [5.41, 5.74) is 1.03. The molecule has 0 aliphatic heterocycles. The maximum absolute atomic E-state index is 13.8. The predicted octanol–water partition coefficient (Wildman–Crippen LogP) is 3.80. The number of nitrogens with one attached hydrogen (secondary N) is 2. The number of guanidine groups is 1. The second kappa shape index (κ2) is 13.5. The van der Waals surface area contributed by atoms with Crippen LogP contribution in [-0.4, -0.2) is 46.4 Å². The van der Waals surface area contributed by atoms with Gasteiger partial charge in [0.1, 0.15) is 6.10 Å². The smallest absolute Gasteiger partial charge is 0.191 e. The third-order valence-corrected chi connectivity index (χ3v) is 5.57. The highest BCUT2D eigenvalue weighted by atomic mass is 127. The number of ether oxygens (including phenoxy) is 1. The van der Waals surface area contributed by atoms with Crippen LogP contribution in [0.15, 0.2) is 58.4 Å². The summed E-state index contributed by atoms with van der Waals surface area (Å²) in [5.74, 6) is 0.503. The number of benzene rings is 2. The molecule has 0 aromatic heterocycles. The summed E-state index contributed by atoms with van der Waals surface area (Å²) in [7, 11) is -3.18. The van der Waals surface area contributed by atoms with Gasteiger partial charge in [-0.25, -0.2) is 17.8 Å². The molecular formula is C22H31FIN3O3S. The van der Waals surface area contributed by atoms with Crippen molar-refractivity contribution in [3.05, 3.63) is 59.9 Å². The lowest BCUT2D eigenvalue weighted by Crippen LogP contribution is -2.39. The fourth-order valence-electron chi connectivity index (χ4n) is 2.73. The molecule has 172 valence electrons. The van der Waals surface area contributed by atoms with Crippen LogP contribution in [-0.2, 0) is 16.3 Å². The van der Waals surface area contributed by atoms with E-state index in [2.05, 4.69) is 15.6 Å². The van der Waals surface area contributed by atoms with Crippen LogP contribution in [0.5, 0.6) is 5.75 Å². The highest BCUT2D eigenvalue weighted by Gasteiger charge is 2.11. The lowest BCUT2D eigenvalue weighted by Gasteiger charge is -2.17. The van der Waals surface area contributed by atoms with Gasteiger partial charge in [-0.15, -0.1) is 24.0 Å². The van der Waals surface area contributed by atoms with Gasteiger partial charge >= 0.3 is 0 Å². The van der Waals surface area contributed by atoms with Gasteiger partial charge in [0.2, 0.25) is 0 Å². The molecule has 0 bridgehead atoms. The van der Waals surface area contributed by atoms with Crippen LogP contribution < -0.4 is 15.4 Å². The average Bonchev–Trinajstić information content (AvgIpc) is 2.72. The maximum atomic E-state index is 13.8. The van der Waals surface area contributed by atoms with Gasteiger partial charge in [0, 0.05) is 19.3 Å². The molecule has 2 aromatic rings. The highest BCUT2D eigenvalue weighted by molar-refractivity contribution is 14.0. The molecule has 0 aliphatic rings. The minimum absolute atomic E-state index is 0. The van der Waals surface area contributed by atoms with Crippen molar-refractivity contribution >= 4 is 39.8 Å². The van der Waals surface area contributed by atoms with Crippen LogP contribution in [0.4, 0.5) is 4.39 Å². The Hall–Kier alpha value is -1.88. The van der Waals surface area contributed by atoms with E-state index in [-0.39, 0.29) is 41.6 Å². The number of halogens is 2. The maximum Gasteiger partial charge on any atom is 0.191 e. The molecule has 0 saturated carbocycles. The fourth-order valence-corrected chi connectivity index (χ4v) is 3.36. The Bertz CT molecular complexity index is 937. The molecule has 0 saturated heterocycles.